The minimum Gasteiger partial charge on any atom is -0.293 e. The lowest BCUT2D eigenvalue weighted by atomic mass is 10.1. The number of rotatable bonds is 5. The van der Waals surface area contributed by atoms with Crippen LogP contribution >= 0.6 is 35.1 Å². The van der Waals surface area contributed by atoms with Crippen molar-refractivity contribution in [3.63, 3.8) is 0 Å². The highest BCUT2D eigenvalue weighted by molar-refractivity contribution is 8.00. The fourth-order valence-electron chi connectivity index (χ4n) is 2.84. The summed E-state index contributed by atoms with van der Waals surface area (Å²) >= 11 is 8.72. The third-order valence-corrected chi connectivity index (χ3v) is 6.48. The smallest absolute Gasteiger partial charge is 0.272 e. The van der Waals surface area contributed by atoms with Crippen molar-refractivity contribution in [3.8, 4) is 5.69 Å². The molecule has 7 heteroatoms. The summed E-state index contributed by atoms with van der Waals surface area (Å²) < 4.78 is 1.61. The Balaban J connectivity index is 1.68. The van der Waals surface area contributed by atoms with Crippen LogP contribution in [-0.2, 0) is 6.42 Å². The van der Waals surface area contributed by atoms with Crippen LogP contribution in [0.3, 0.4) is 0 Å². The predicted octanol–water partition coefficient (Wildman–Crippen LogP) is 4.51. The molecule has 2 heterocycles. The number of ketones is 1. The number of hydrogen-bond donors (Lipinski definition) is 0. The summed E-state index contributed by atoms with van der Waals surface area (Å²) in [7, 11) is 0. The van der Waals surface area contributed by atoms with Crippen molar-refractivity contribution >= 4 is 40.9 Å². The molecular formula is C20H15ClN2O2S2. The van der Waals surface area contributed by atoms with E-state index in [9.17, 15) is 9.59 Å². The standard InChI is InChI=1S/C20H15ClN2O2S2/c21-14-8-6-13(7-9-14)17(24)12-27-20-22-16-10-11-26-18(16)19(25)23(20)15-4-2-1-3-5-15/h1-9H,10-12H2. The summed E-state index contributed by atoms with van der Waals surface area (Å²) in [4.78, 5) is 31.0. The highest BCUT2D eigenvalue weighted by Crippen LogP contribution is 2.30. The molecule has 136 valence electrons. The van der Waals surface area contributed by atoms with Crippen LogP contribution < -0.4 is 5.56 Å². The zero-order valence-electron chi connectivity index (χ0n) is 14.2. The van der Waals surface area contributed by atoms with Crippen LogP contribution in [0.25, 0.3) is 5.69 Å². The van der Waals surface area contributed by atoms with E-state index in [0.717, 1.165) is 23.6 Å². The van der Waals surface area contributed by atoms with E-state index >= 15 is 0 Å². The first kappa shape index (κ1) is 18.3. The van der Waals surface area contributed by atoms with Gasteiger partial charge in [0.1, 0.15) is 0 Å². The molecule has 2 aromatic carbocycles. The number of aromatic nitrogens is 2. The van der Waals surface area contributed by atoms with Gasteiger partial charge in [-0.3, -0.25) is 14.2 Å². The number of thioether (sulfide) groups is 2. The van der Waals surface area contributed by atoms with Gasteiger partial charge in [-0.05, 0) is 36.4 Å². The number of Topliss-reactive ketones (excluding diaryl/α,β-unsaturated/α-hetero) is 1. The second kappa shape index (κ2) is 7.92. The molecule has 1 aliphatic rings. The number of aryl methyl sites for hydroxylation is 1. The average molecular weight is 415 g/mol. The van der Waals surface area contributed by atoms with Gasteiger partial charge in [-0.1, -0.05) is 41.6 Å². The SMILES string of the molecule is O=C(CSc1nc2c(c(=O)n1-c1ccccc1)SCC2)c1ccc(Cl)cc1. The topological polar surface area (TPSA) is 52.0 Å². The summed E-state index contributed by atoms with van der Waals surface area (Å²) in [5, 5.41) is 1.14. The first-order chi connectivity index (χ1) is 13.1. The quantitative estimate of drug-likeness (QED) is 0.349. The molecule has 0 saturated heterocycles. The van der Waals surface area contributed by atoms with Gasteiger partial charge in [0.15, 0.2) is 10.9 Å². The van der Waals surface area contributed by atoms with Crippen molar-refractivity contribution in [2.24, 2.45) is 0 Å². The molecule has 0 amide bonds. The number of carbonyl (C=O) groups excluding carboxylic acids is 1. The van der Waals surface area contributed by atoms with Crippen LogP contribution in [0.2, 0.25) is 5.02 Å². The lowest BCUT2D eigenvalue weighted by molar-refractivity contribution is 0.102. The maximum Gasteiger partial charge on any atom is 0.272 e. The molecule has 3 aromatic rings. The molecule has 4 rings (SSSR count). The Morgan fingerprint density at radius 1 is 1.15 bits per heavy atom. The molecule has 0 bridgehead atoms. The maximum absolute atomic E-state index is 13.0. The second-order valence-corrected chi connectivity index (χ2v) is 8.45. The summed E-state index contributed by atoms with van der Waals surface area (Å²) in [5.74, 6) is 1.04. The van der Waals surface area contributed by atoms with Gasteiger partial charge in [0.2, 0.25) is 0 Å². The Hall–Kier alpha value is -2.02. The molecule has 4 nitrogen and oxygen atoms in total. The maximum atomic E-state index is 13.0. The summed E-state index contributed by atoms with van der Waals surface area (Å²) in [5.41, 5.74) is 2.12. The van der Waals surface area contributed by atoms with Crippen molar-refractivity contribution in [2.75, 3.05) is 11.5 Å². The van der Waals surface area contributed by atoms with E-state index in [1.165, 1.54) is 11.8 Å². The number of nitrogens with zero attached hydrogens (tertiary/aromatic N) is 2. The predicted molar refractivity (Wildman–Crippen MR) is 111 cm³/mol. The van der Waals surface area contributed by atoms with Crippen LogP contribution in [0.1, 0.15) is 16.1 Å². The molecule has 1 aromatic heterocycles. The van der Waals surface area contributed by atoms with Gasteiger partial charge in [0.05, 0.1) is 22.0 Å². The van der Waals surface area contributed by atoms with Gasteiger partial charge < -0.3 is 0 Å². The molecule has 0 saturated carbocycles. The van der Waals surface area contributed by atoms with Gasteiger partial charge >= 0.3 is 0 Å². The number of fused-ring (bicyclic) bond motifs is 1. The lowest BCUT2D eigenvalue weighted by Crippen LogP contribution is -2.24. The second-order valence-electron chi connectivity index (χ2n) is 5.96. The molecule has 0 spiro atoms. The largest absolute Gasteiger partial charge is 0.293 e. The van der Waals surface area contributed by atoms with Crippen LogP contribution in [0.15, 0.2) is 69.4 Å². The Morgan fingerprint density at radius 2 is 1.89 bits per heavy atom. The number of carbonyl (C=O) groups is 1. The Morgan fingerprint density at radius 3 is 2.63 bits per heavy atom. The van der Waals surface area contributed by atoms with Gasteiger partial charge in [-0.2, -0.15) is 0 Å². The molecule has 0 fully saturated rings. The fraction of sp³-hybridized carbons (Fsp3) is 0.150. The zero-order chi connectivity index (χ0) is 18.8. The highest BCUT2D eigenvalue weighted by atomic mass is 35.5. The van der Waals surface area contributed by atoms with Gasteiger partial charge in [-0.15, -0.1) is 11.8 Å². The number of hydrogen-bond acceptors (Lipinski definition) is 5. The lowest BCUT2D eigenvalue weighted by Gasteiger charge is -2.13. The van der Waals surface area contributed by atoms with E-state index in [4.69, 9.17) is 16.6 Å². The molecule has 0 aliphatic carbocycles. The average Bonchev–Trinajstić information content (AvgIpc) is 3.16. The van der Waals surface area contributed by atoms with Crippen molar-refractivity contribution in [3.05, 3.63) is 81.2 Å². The van der Waals surface area contributed by atoms with E-state index < -0.39 is 0 Å². The van der Waals surface area contributed by atoms with Crippen LogP contribution in [0.4, 0.5) is 0 Å². The Bertz CT molecular complexity index is 1050. The van der Waals surface area contributed by atoms with Gasteiger partial charge in [0, 0.05) is 22.8 Å². The first-order valence-electron chi connectivity index (χ1n) is 8.39. The highest BCUT2D eigenvalue weighted by Gasteiger charge is 2.23. The van der Waals surface area contributed by atoms with Crippen molar-refractivity contribution in [1.29, 1.82) is 0 Å². The van der Waals surface area contributed by atoms with E-state index in [1.807, 2.05) is 30.3 Å². The fourth-order valence-corrected chi connectivity index (χ4v) is 4.92. The van der Waals surface area contributed by atoms with Crippen molar-refractivity contribution < 1.29 is 4.79 Å². The third-order valence-electron chi connectivity index (χ3n) is 4.18. The molecule has 0 N–H and O–H groups in total. The molecule has 0 atom stereocenters. The van der Waals surface area contributed by atoms with E-state index in [0.29, 0.717) is 20.6 Å². The van der Waals surface area contributed by atoms with Gasteiger partial charge in [0.25, 0.3) is 5.56 Å². The summed E-state index contributed by atoms with van der Waals surface area (Å²) in [6.07, 6.45) is 0.781. The van der Waals surface area contributed by atoms with E-state index in [-0.39, 0.29) is 17.1 Å². The molecule has 0 radical (unpaired) electrons. The van der Waals surface area contributed by atoms with Gasteiger partial charge in [-0.25, -0.2) is 4.98 Å². The van der Waals surface area contributed by atoms with Crippen molar-refractivity contribution in [2.45, 2.75) is 16.5 Å². The monoisotopic (exact) mass is 414 g/mol. The number of benzene rings is 2. The van der Waals surface area contributed by atoms with Crippen LogP contribution in [0, 0.1) is 0 Å². The van der Waals surface area contributed by atoms with Crippen LogP contribution in [-0.4, -0.2) is 26.8 Å². The summed E-state index contributed by atoms with van der Waals surface area (Å²) in [6, 6.07) is 16.2. The van der Waals surface area contributed by atoms with Crippen LogP contribution in [0.5, 0.6) is 0 Å². The van der Waals surface area contributed by atoms with E-state index in [2.05, 4.69) is 0 Å². The third kappa shape index (κ3) is 3.83. The normalized spacial score (nSPS) is 12.8. The zero-order valence-corrected chi connectivity index (χ0v) is 16.6. The minimum atomic E-state index is -0.0601. The number of para-hydroxylation sites is 1. The molecule has 27 heavy (non-hydrogen) atoms. The minimum absolute atomic E-state index is 0.0274. The molecule has 0 unspecified atom stereocenters. The number of halogens is 1. The Kier molecular flexibility index (Phi) is 5.38. The summed E-state index contributed by atoms with van der Waals surface area (Å²) in [6.45, 7) is 0. The van der Waals surface area contributed by atoms with Crippen molar-refractivity contribution in [1.82, 2.24) is 9.55 Å². The molecule has 1 aliphatic heterocycles. The molecular weight excluding hydrogens is 400 g/mol. The van der Waals surface area contributed by atoms with E-state index in [1.54, 1.807) is 40.6 Å². The Labute approximate surface area is 170 Å². The first-order valence-corrected chi connectivity index (χ1v) is 10.7.